The van der Waals surface area contributed by atoms with Crippen molar-refractivity contribution in [2.45, 2.75) is 40.0 Å². The smallest absolute Gasteiger partial charge is 0.242 e. The zero-order valence-electron chi connectivity index (χ0n) is 15.7. The van der Waals surface area contributed by atoms with Gasteiger partial charge in [-0.25, -0.2) is 4.98 Å². The van der Waals surface area contributed by atoms with Crippen LogP contribution in [0.4, 0.5) is 5.13 Å². The summed E-state index contributed by atoms with van der Waals surface area (Å²) in [5, 5.41) is 0.795. The molecular formula is C19H28N4OS. The van der Waals surface area contributed by atoms with Crippen molar-refractivity contribution >= 4 is 22.6 Å². The van der Waals surface area contributed by atoms with E-state index in [0.29, 0.717) is 6.54 Å². The Hall–Kier alpha value is -1.95. The first kappa shape index (κ1) is 19.4. The predicted molar refractivity (Wildman–Crippen MR) is 104 cm³/mol. The van der Waals surface area contributed by atoms with Crippen molar-refractivity contribution in [2.75, 3.05) is 31.6 Å². The highest BCUT2D eigenvalue weighted by atomic mass is 32.1. The van der Waals surface area contributed by atoms with Crippen molar-refractivity contribution in [3.05, 3.63) is 41.2 Å². The van der Waals surface area contributed by atoms with E-state index < -0.39 is 0 Å². The van der Waals surface area contributed by atoms with Crippen LogP contribution in [0, 0.1) is 6.92 Å². The number of nitrogens with zero attached hydrogens (tertiary/aromatic N) is 4. The summed E-state index contributed by atoms with van der Waals surface area (Å²) in [6.45, 7) is 8.25. The van der Waals surface area contributed by atoms with Crippen LogP contribution in [-0.4, -0.2) is 46.8 Å². The lowest BCUT2D eigenvalue weighted by molar-refractivity contribution is -0.129. The van der Waals surface area contributed by atoms with Gasteiger partial charge in [0.1, 0.15) is 5.82 Å². The van der Waals surface area contributed by atoms with Gasteiger partial charge in [-0.2, -0.15) is 4.37 Å². The normalized spacial score (nSPS) is 10.7. The van der Waals surface area contributed by atoms with Crippen molar-refractivity contribution in [3.8, 4) is 0 Å². The minimum Gasteiger partial charge on any atom is -0.341 e. The number of aromatic nitrogens is 2. The molecule has 0 saturated heterocycles. The minimum atomic E-state index is 0.154. The fourth-order valence-electron chi connectivity index (χ4n) is 2.63. The van der Waals surface area contributed by atoms with Gasteiger partial charge in [0.2, 0.25) is 11.0 Å². The van der Waals surface area contributed by atoms with E-state index in [1.165, 1.54) is 22.7 Å². The Balaban J connectivity index is 1.95. The Morgan fingerprint density at radius 2 is 1.76 bits per heavy atom. The van der Waals surface area contributed by atoms with Gasteiger partial charge >= 0.3 is 0 Å². The topological polar surface area (TPSA) is 49.3 Å². The molecule has 1 amide bonds. The van der Waals surface area contributed by atoms with Crippen molar-refractivity contribution in [1.82, 2.24) is 14.3 Å². The van der Waals surface area contributed by atoms with Gasteiger partial charge < -0.3 is 9.80 Å². The first-order chi connectivity index (χ1) is 12.0. The van der Waals surface area contributed by atoms with Crippen LogP contribution in [0.25, 0.3) is 0 Å². The molecule has 0 radical (unpaired) electrons. The van der Waals surface area contributed by atoms with Gasteiger partial charge in [-0.15, -0.1) is 0 Å². The first-order valence-corrected chi connectivity index (χ1v) is 9.67. The number of carbonyl (C=O) groups is 1. The van der Waals surface area contributed by atoms with Gasteiger partial charge in [-0.1, -0.05) is 43.7 Å². The van der Waals surface area contributed by atoms with E-state index in [0.717, 1.165) is 43.3 Å². The van der Waals surface area contributed by atoms with Gasteiger partial charge in [-0.3, -0.25) is 4.79 Å². The maximum atomic E-state index is 12.5. The fourth-order valence-corrected chi connectivity index (χ4v) is 3.27. The van der Waals surface area contributed by atoms with Crippen LogP contribution in [-0.2, 0) is 11.2 Å². The number of anilines is 1. The summed E-state index contributed by atoms with van der Waals surface area (Å²) in [5.74, 6) is 0.962. The van der Waals surface area contributed by atoms with E-state index in [9.17, 15) is 4.79 Å². The molecule has 1 aromatic carbocycles. The summed E-state index contributed by atoms with van der Waals surface area (Å²) in [6, 6.07) is 8.42. The number of rotatable bonds is 9. The average Bonchev–Trinajstić information content (AvgIpc) is 3.05. The summed E-state index contributed by atoms with van der Waals surface area (Å²) in [6.07, 6.45) is 2.68. The second-order valence-electron chi connectivity index (χ2n) is 6.39. The van der Waals surface area contributed by atoms with Crippen LogP contribution in [0.2, 0.25) is 0 Å². The minimum absolute atomic E-state index is 0.154. The van der Waals surface area contributed by atoms with Crippen molar-refractivity contribution in [2.24, 2.45) is 0 Å². The van der Waals surface area contributed by atoms with Crippen LogP contribution in [0.15, 0.2) is 24.3 Å². The van der Waals surface area contributed by atoms with Crippen molar-refractivity contribution in [1.29, 1.82) is 0 Å². The summed E-state index contributed by atoms with van der Waals surface area (Å²) in [7, 11) is 1.91. The van der Waals surface area contributed by atoms with Gasteiger partial charge in [0.15, 0.2) is 0 Å². The summed E-state index contributed by atoms with van der Waals surface area (Å²) in [4.78, 5) is 20.9. The van der Waals surface area contributed by atoms with Crippen molar-refractivity contribution < 1.29 is 4.79 Å². The van der Waals surface area contributed by atoms with Gasteiger partial charge in [0.25, 0.3) is 0 Å². The molecule has 0 N–H and O–H groups in total. The second-order valence-corrected chi connectivity index (χ2v) is 7.12. The lowest BCUT2D eigenvalue weighted by Crippen LogP contribution is -2.39. The van der Waals surface area contributed by atoms with Crippen LogP contribution < -0.4 is 4.90 Å². The fraction of sp³-hybridized carbons (Fsp3) is 0.526. The highest BCUT2D eigenvalue weighted by molar-refractivity contribution is 7.09. The molecule has 0 fully saturated rings. The van der Waals surface area contributed by atoms with E-state index in [-0.39, 0.29) is 5.91 Å². The molecule has 0 aliphatic rings. The molecule has 136 valence electrons. The Morgan fingerprint density at radius 3 is 2.36 bits per heavy atom. The third kappa shape index (κ3) is 5.81. The zero-order valence-corrected chi connectivity index (χ0v) is 16.5. The van der Waals surface area contributed by atoms with E-state index in [1.54, 1.807) is 0 Å². The SMILES string of the molecule is CCCN(CCC)C(=O)CN(C)c1nc(Cc2ccc(C)cc2)ns1. The number of likely N-dealkylation sites (N-methyl/N-ethyl adjacent to an activating group) is 1. The van der Waals surface area contributed by atoms with E-state index in [1.807, 2.05) is 16.8 Å². The van der Waals surface area contributed by atoms with E-state index in [4.69, 9.17) is 0 Å². The summed E-state index contributed by atoms with van der Waals surface area (Å²) in [5.41, 5.74) is 2.45. The van der Waals surface area contributed by atoms with Crippen LogP contribution in [0.1, 0.15) is 43.6 Å². The third-order valence-corrected chi connectivity index (χ3v) is 4.85. The molecule has 5 nitrogen and oxygen atoms in total. The number of carbonyl (C=O) groups excluding carboxylic acids is 1. The number of aryl methyl sites for hydroxylation is 1. The van der Waals surface area contributed by atoms with E-state index in [2.05, 4.69) is 54.4 Å². The first-order valence-electron chi connectivity index (χ1n) is 8.90. The van der Waals surface area contributed by atoms with E-state index >= 15 is 0 Å². The zero-order chi connectivity index (χ0) is 18.2. The van der Waals surface area contributed by atoms with Gasteiger partial charge in [-0.05, 0) is 25.3 Å². The molecule has 0 aliphatic carbocycles. The molecular weight excluding hydrogens is 332 g/mol. The molecule has 2 aromatic rings. The highest BCUT2D eigenvalue weighted by Crippen LogP contribution is 2.18. The number of amides is 1. The van der Waals surface area contributed by atoms with Gasteiger partial charge in [0, 0.05) is 38.1 Å². The Bertz CT molecular complexity index is 662. The van der Waals surface area contributed by atoms with Crippen LogP contribution in [0.5, 0.6) is 0 Å². The molecule has 6 heteroatoms. The monoisotopic (exact) mass is 360 g/mol. The second kappa shape index (κ2) is 9.51. The standard InChI is InChI=1S/C19H28N4OS/c1-5-11-23(12-6-2)18(24)14-22(4)19-20-17(21-25-19)13-16-9-7-15(3)8-10-16/h7-10H,5-6,11-14H2,1-4H3. The molecule has 0 spiro atoms. The molecule has 0 unspecified atom stereocenters. The largest absolute Gasteiger partial charge is 0.341 e. The average molecular weight is 361 g/mol. The number of benzene rings is 1. The molecule has 0 aliphatic heterocycles. The summed E-state index contributed by atoms with van der Waals surface area (Å²) >= 11 is 1.35. The molecule has 0 saturated carbocycles. The Labute approximate surface area is 154 Å². The lowest BCUT2D eigenvalue weighted by atomic mass is 10.1. The Morgan fingerprint density at radius 1 is 1.12 bits per heavy atom. The van der Waals surface area contributed by atoms with Crippen molar-refractivity contribution in [3.63, 3.8) is 0 Å². The van der Waals surface area contributed by atoms with Gasteiger partial charge in [0.05, 0.1) is 6.54 Å². The summed E-state index contributed by atoms with van der Waals surface area (Å²) < 4.78 is 4.44. The lowest BCUT2D eigenvalue weighted by Gasteiger charge is -2.24. The Kier molecular flexibility index (Phi) is 7.37. The molecule has 1 aromatic heterocycles. The van der Waals surface area contributed by atoms with Crippen LogP contribution in [0.3, 0.4) is 0 Å². The predicted octanol–water partition coefficient (Wildman–Crippen LogP) is 3.52. The highest BCUT2D eigenvalue weighted by Gasteiger charge is 2.17. The molecule has 0 atom stereocenters. The molecule has 2 rings (SSSR count). The third-order valence-electron chi connectivity index (χ3n) is 3.98. The molecule has 25 heavy (non-hydrogen) atoms. The quantitative estimate of drug-likeness (QED) is 0.686. The maximum absolute atomic E-state index is 12.5. The van der Waals surface area contributed by atoms with Crippen LogP contribution >= 0.6 is 11.5 Å². The molecule has 0 bridgehead atoms. The number of hydrogen-bond acceptors (Lipinski definition) is 5. The number of hydrogen-bond donors (Lipinski definition) is 0. The molecule has 1 heterocycles. The maximum Gasteiger partial charge on any atom is 0.242 e.